The summed E-state index contributed by atoms with van der Waals surface area (Å²) in [6.07, 6.45) is 6.66. The SMILES string of the molecule is CC(=O)N1CCCC(C(=O)N2CCCCCC2)C1. The predicted octanol–water partition coefficient (Wildman–Crippen LogP) is 1.65. The first kappa shape index (κ1) is 13.4. The molecular weight excluding hydrogens is 228 g/mol. The fraction of sp³-hybridized carbons (Fsp3) is 0.857. The van der Waals surface area contributed by atoms with Crippen LogP contribution in [0.15, 0.2) is 0 Å². The van der Waals surface area contributed by atoms with Crippen LogP contribution in [0.5, 0.6) is 0 Å². The van der Waals surface area contributed by atoms with Crippen LogP contribution in [-0.4, -0.2) is 47.8 Å². The van der Waals surface area contributed by atoms with Crippen molar-refractivity contribution in [1.29, 1.82) is 0 Å². The van der Waals surface area contributed by atoms with Gasteiger partial charge in [0.1, 0.15) is 0 Å². The zero-order chi connectivity index (χ0) is 13.0. The Morgan fingerprint density at radius 2 is 1.50 bits per heavy atom. The maximum Gasteiger partial charge on any atom is 0.227 e. The van der Waals surface area contributed by atoms with E-state index < -0.39 is 0 Å². The second kappa shape index (κ2) is 6.21. The third-order valence-electron chi connectivity index (χ3n) is 4.13. The Morgan fingerprint density at radius 1 is 0.889 bits per heavy atom. The van der Waals surface area contributed by atoms with Crippen molar-refractivity contribution in [3.63, 3.8) is 0 Å². The molecule has 0 aromatic heterocycles. The van der Waals surface area contributed by atoms with Gasteiger partial charge in [-0.3, -0.25) is 9.59 Å². The van der Waals surface area contributed by atoms with E-state index in [1.54, 1.807) is 6.92 Å². The van der Waals surface area contributed by atoms with Crippen molar-refractivity contribution in [2.24, 2.45) is 5.92 Å². The van der Waals surface area contributed by atoms with E-state index in [2.05, 4.69) is 0 Å². The lowest BCUT2D eigenvalue weighted by Gasteiger charge is -2.34. The van der Waals surface area contributed by atoms with Crippen LogP contribution in [-0.2, 0) is 9.59 Å². The third kappa shape index (κ3) is 3.24. The van der Waals surface area contributed by atoms with Gasteiger partial charge in [0.2, 0.25) is 11.8 Å². The Balaban J connectivity index is 1.92. The highest BCUT2D eigenvalue weighted by Gasteiger charge is 2.30. The maximum absolute atomic E-state index is 12.5. The van der Waals surface area contributed by atoms with E-state index >= 15 is 0 Å². The quantitative estimate of drug-likeness (QED) is 0.712. The lowest BCUT2D eigenvalue weighted by Crippen LogP contribution is -2.46. The van der Waals surface area contributed by atoms with Crippen LogP contribution >= 0.6 is 0 Å². The highest BCUT2D eigenvalue weighted by atomic mass is 16.2. The Kier molecular flexibility index (Phi) is 4.61. The van der Waals surface area contributed by atoms with E-state index in [4.69, 9.17) is 0 Å². The van der Waals surface area contributed by atoms with Gasteiger partial charge in [-0.2, -0.15) is 0 Å². The molecule has 4 nitrogen and oxygen atoms in total. The second-order valence-corrected chi connectivity index (χ2v) is 5.54. The molecule has 0 aliphatic carbocycles. The van der Waals surface area contributed by atoms with Crippen molar-refractivity contribution in [3.05, 3.63) is 0 Å². The molecule has 18 heavy (non-hydrogen) atoms. The minimum Gasteiger partial charge on any atom is -0.342 e. The van der Waals surface area contributed by atoms with E-state index in [0.29, 0.717) is 6.54 Å². The molecule has 2 heterocycles. The van der Waals surface area contributed by atoms with E-state index in [1.807, 2.05) is 9.80 Å². The van der Waals surface area contributed by atoms with Crippen LogP contribution in [0.4, 0.5) is 0 Å². The number of carbonyl (C=O) groups excluding carboxylic acids is 2. The van der Waals surface area contributed by atoms with Crippen LogP contribution in [0.3, 0.4) is 0 Å². The van der Waals surface area contributed by atoms with E-state index in [9.17, 15) is 9.59 Å². The van der Waals surface area contributed by atoms with Gasteiger partial charge in [-0.1, -0.05) is 12.8 Å². The fourth-order valence-electron chi connectivity index (χ4n) is 3.01. The van der Waals surface area contributed by atoms with Crippen LogP contribution in [0.25, 0.3) is 0 Å². The number of likely N-dealkylation sites (tertiary alicyclic amines) is 2. The molecule has 102 valence electrons. The summed E-state index contributed by atoms with van der Waals surface area (Å²) in [4.78, 5) is 27.7. The van der Waals surface area contributed by atoms with Crippen molar-refractivity contribution in [3.8, 4) is 0 Å². The van der Waals surface area contributed by atoms with Crippen LogP contribution in [0, 0.1) is 5.92 Å². The monoisotopic (exact) mass is 252 g/mol. The van der Waals surface area contributed by atoms with Gasteiger partial charge in [-0.25, -0.2) is 0 Å². The summed E-state index contributed by atoms with van der Waals surface area (Å²) in [5, 5.41) is 0. The minimum absolute atomic E-state index is 0.0424. The van der Waals surface area contributed by atoms with Crippen molar-refractivity contribution in [2.75, 3.05) is 26.2 Å². The van der Waals surface area contributed by atoms with Gasteiger partial charge in [0, 0.05) is 33.1 Å². The first-order chi connectivity index (χ1) is 8.68. The normalized spacial score (nSPS) is 25.7. The molecule has 0 radical (unpaired) electrons. The molecule has 0 aromatic carbocycles. The van der Waals surface area contributed by atoms with Crippen molar-refractivity contribution in [2.45, 2.75) is 45.4 Å². The van der Waals surface area contributed by atoms with Gasteiger partial charge in [-0.05, 0) is 25.7 Å². The molecule has 2 saturated heterocycles. The van der Waals surface area contributed by atoms with Gasteiger partial charge in [-0.15, -0.1) is 0 Å². The average Bonchev–Trinajstić information content (AvgIpc) is 2.67. The predicted molar refractivity (Wildman–Crippen MR) is 70.0 cm³/mol. The summed E-state index contributed by atoms with van der Waals surface area (Å²) in [5.74, 6) is 0.423. The molecule has 1 unspecified atom stereocenters. The molecule has 0 spiro atoms. The molecule has 1 atom stereocenters. The van der Waals surface area contributed by atoms with Gasteiger partial charge in [0.25, 0.3) is 0 Å². The number of piperidine rings is 1. The number of hydrogen-bond acceptors (Lipinski definition) is 2. The van der Waals surface area contributed by atoms with Crippen molar-refractivity contribution in [1.82, 2.24) is 9.80 Å². The minimum atomic E-state index is 0.0424. The molecule has 2 rings (SSSR count). The summed E-state index contributed by atoms with van der Waals surface area (Å²) >= 11 is 0. The highest BCUT2D eigenvalue weighted by molar-refractivity contribution is 5.80. The van der Waals surface area contributed by atoms with E-state index in [0.717, 1.165) is 45.3 Å². The summed E-state index contributed by atoms with van der Waals surface area (Å²) in [6, 6.07) is 0. The largest absolute Gasteiger partial charge is 0.342 e. The molecule has 2 amide bonds. The zero-order valence-electron chi connectivity index (χ0n) is 11.4. The molecule has 2 fully saturated rings. The van der Waals surface area contributed by atoms with E-state index in [1.165, 1.54) is 12.8 Å². The van der Waals surface area contributed by atoms with Crippen LogP contribution in [0.2, 0.25) is 0 Å². The number of hydrogen-bond donors (Lipinski definition) is 0. The van der Waals surface area contributed by atoms with Gasteiger partial charge < -0.3 is 9.80 Å². The van der Waals surface area contributed by atoms with Gasteiger partial charge in [0.15, 0.2) is 0 Å². The molecule has 2 aliphatic heterocycles. The topological polar surface area (TPSA) is 40.6 Å². The highest BCUT2D eigenvalue weighted by Crippen LogP contribution is 2.21. The fourth-order valence-corrected chi connectivity index (χ4v) is 3.01. The Labute approximate surface area is 109 Å². The molecule has 2 aliphatic rings. The zero-order valence-corrected chi connectivity index (χ0v) is 11.4. The summed E-state index contributed by atoms with van der Waals surface area (Å²) in [7, 11) is 0. The number of carbonyl (C=O) groups is 2. The third-order valence-corrected chi connectivity index (χ3v) is 4.13. The van der Waals surface area contributed by atoms with Crippen molar-refractivity contribution < 1.29 is 9.59 Å². The lowest BCUT2D eigenvalue weighted by atomic mass is 9.96. The number of amides is 2. The Morgan fingerprint density at radius 3 is 2.11 bits per heavy atom. The summed E-state index contributed by atoms with van der Waals surface area (Å²) in [6.45, 7) is 4.87. The molecule has 0 aromatic rings. The first-order valence-corrected chi connectivity index (χ1v) is 7.23. The summed E-state index contributed by atoms with van der Waals surface area (Å²) in [5.41, 5.74) is 0. The maximum atomic E-state index is 12.5. The summed E-state index contributed by atoms with van der Waals surface area (Å²) < 4.78 is 0. The lowest BCUT2D eigenvalue weighted by molar-refractivity contribution is -0.140. The first-order valence-electron chi connectivity index (χ1n) is 7.23. The Hall–Kier alpha value is -1.06. The number of nitrogens with zero attached hydrogens (tertiary/aromatic N) is 2. The van der Waals surface area contributed by atoms with E-state index in [-0.39, 0.29) is 17.7 Å². The number of rotatable bonds is 1. The van der Waals surface area contributed by atoms with Crippen molar-refractivity contribution >= 4 is 11.8 Å². The average molecular weight is 252 g/mol. The molecule has 0 N–H and O–H groups in total. The standard InChI is InChI=1S/C14H24N2O2/c1-12(17)16-10-6-7-13(11-16)14(18)15-8-4-2-3-5-9-15/h13H,2-11H2,1H3. The van der Waals surface area contributed by atoms with Gasteiger partial charge in [0.05, 0.1) is 5.92 Å². The van der Waals surface area contributed by atoms with Crippen LogP contribution < -0.4 is 0 Å². The smallest absolute Gasteiger partial charge is 0.227 e. The molecule has 0 saturated carbocycles. The van der Waals surface area contributed by atoms with Gasteiger partial charge >= 0.3 is 0 Å². The molecule has 0 bridgehead atoms. The second-order valence-electron chi connectivity index (χ2n) is 5.54. The Bertz CT molecular complexity index is 309. The van der Waals surface area contributed by atoms with Crippen LogP contribution in [0.1, 0.15) is 45.4 Å². The molecule has 4 heteroatoms. The molecular formula is C14H24N2O2.